The van der Waals surface area contributed by atoms with Crippen LogP contribution in [-0.2, 0) is 0 Å². The van der Waals surface area contributed by atoms with E-state index in [1.807, 2.05) is 0 Å². The van der Waals surface area contributed by atoms with Crippen LogP contribution in [0.5, 0.6) is 0 Å². The molecule has 0 aliphatic heterocycles. The maximum Gasteiger partial charge on any atom is 0.0602 e. The Labute approximate surface area is 112 Å². The molecule has 4 bridgehead atoms. The second kappa shape index (κ2) is 2.65. The lowest BCUT2D eigenvalue weighted by molar-refractivity contribution is -0.413. The Morgan fingerprint density at radius 2 is 1.88 bits per heavy atom. The van der Waals surface area contributed by atoms with Crippen molar-refractivity contribution in [1.29, 1.82) is 0 Å². The van der Waals surface area contributed by atoms with Gasteiger partial charge in [0.05, 0.1) is 6.10 Å². The minimum Gasteiger partial charge on any atom is -0.393 e. The second-order valence-electron chi connectivity index (χ2n) is 8.13. The smallest absolute Gasteiger partial charge is 0.0602 e. The van der Waals surface area contributed by atoms with E-state index in [1.54, 1.807) is 0 Å². The lowest BCUT2D eigenvalue weighted by Gasteiger charge is -2.89. The molecular formula is C15H23BrO. The van der Waals surface area contributed by atoms with E-state index in [2.05, 4.69) is 36.7 Å². The summed E-state index contributed by atoms with van der Waals surface area (Å²) in [6.45, 7) is 7.22. The minimum atomic E-state index is -0.0415. The zero-order chi connectivity index (χ0) is 12.3. The predicted octanol–water partition coefficient (Wildman–Crippen LogP) is 3.74. The average Bonchev–Trinajstić information content (AvgIpc) is 2.24. The largest absolute Gasteiger partial charge is 0.393 e. The van der Waals surface area contributed by atoms with Gasteiger partial charge in [-0.25, -0.2) is 0 Å². The summed E-state index contributed by atoms with van der Waals surface area (Å²) in [6.07, 6.45) is 6.44. The molecule has 0 aromatic carbocycles. The zero-order valence-electron chi connectivity index (χ0n) is 11.1. The molecule has 5 rings (SSSR count). The third kappa shape index (κ3) is 0.826. The SMILES string of the molecule is CC12CC34CCC(Br)C(C)(C)C3(CC1O)CC24. The second-order valence-corrected chi connectivity index (χ2v) is 9.23. The van der Waals surface area contributed by atoms with Gasteiger partial charge < -0.3 is 5.11 Å². The molecule has 0 radical (unpaired) electrons. The fourth-order valence-corrected chi connectivity index (χ4v) is 7.36. The van der Waals surface area contributed by atoms with Crippen LogP contribution < -0.4 is 0 Å². The number of aliphatic hydroxyl groups excluding tert-OH is 1. The number of halogens is 1. The monoisotopic (exact) mass is 298 g/mol. The molecule has 0 amide bonds. The Morgan fingerprint density at radius 1 is 1.18 bits per heavy atom. The summed E-state index contributed by atoms with van der Waals surface area (Å²) in [6, 6.07) is 0. The zero-order valence-corrected chi connectivity index (χ0v) is 12.7. The molecule has 0 saturated heterocycles. The van der Waals surface area contributed by atoms with Crippen LogP contribution in [0.3, 0.4) is 0 Å². The highest BCUT2D eigenvalue weighted by Gasteiger charge is 2.86. The molecule has 1 nitrogen and oxygen atoms in total. The van der Waals surface area contributed by atoms with Gasteiger partial charge in [0.25, 0.3) is 0 Å². The molecule has 2 heteroatoms. The molecule has 5 aliphatic rings. The van der Waals surface area contributed by atoms with Crippen molar-refractivity contribution in [2.24, 2.45) is 27.6 Å². The van der Waals surface area contributed by atoms with E-state index < -0.39 is 0 Å². The summed E-state index contributed by atoms with van der Waals surface area (Å²) < 4.78 is 0. The van der Waals surface area contributed by atoms with Crippen molar-refractivity contribution in [2.45, 2.75) is 63.8 Å². The van der Waals surface area contributed by atoms with E-state index in [4.69, 9.17) is 0 Å². The molecule has 6 atom stereocenters. The number of fused-ring (bicyclic) bond motifs is 1. The minimum absolute atomic E-state index is 0.0415. The average molecular weight is 299 g/mol. The first-order chi connectivity index (χ1) is 7.80. The third-order valence-electron chi connectivity index (χ3n) is 7.83. The van der Waals surface area contributed by atoms with Crippen molar-refractivity contribution in [1.82, 2.24) is 0 Å². The van der Waals surface area contributed by atoms with Crippen LogP contribution in [0.25, 0.3) is 0 Å². The van der Waals surface area contributed by atoms with Crippen LogP contribution >= 0.6 is 15.9 Å². The van der Waals surface area contributed by atoms with E-state index in [-0.39, 0.29) is 11.5 Å². The van der Waals surface area contributed by atoms with Gasteiger partial charge in [0.1, 0.15) is 0 Å². The summed E-state index contributed by atoms with van der Waals surface area (Å²) in [7, 11) is 0. The molecule has 0 aromatic heterocycles. The number of hydrogen-bond acceptors (Lipinski definition) is 1. The van der Waals surface area contributed by atoms with Gasteiger partial charge in [-0.05, 0) is 59.7 Å². The van der Waals surface area contributed by atoms with Crippen LogP contribution in [0.15, 0.2) is 0 Å². The summed E-state index contributed by atoms with van der Waals surface area (Å²) in [5.41, 5.74) is 1.68. The highest BCUT2D eigenvalue weighted by Crippen LogP contribution is 2.91. The number of aliphatic hydroxyl groups is 1. The molecule has 5 aliphatic carbocycles. The Kier molecular flexibility index (Phi) is 1.76. The van der Waals surface area contributed by atoms with E-state index >= 15 is 0 Å². The summed E-state index contributed by atoms with van der Waals surface area (Å²) >= 11 is 3.92. The van der Waals surface area contributed by atoms with E-state index in [1.165, 1.54) is 25.7 Å². The van der Waals surface area contributed by atoms with Crippen molar-refractivity contribution in [2.75, 3.05) is 0 Å². The molecule has 96 valence electrons. The third-order valence-corrected chi connectivity index (χ3v) is 9.43. The first-order valence-corrected chi connectivity index (χ1v) is 8.04. The Morgan fingerprint density at radius 3 is 2.53 bits per heavy atom. The van der Waals surface area contributed by atoms with Crippen molar-refractivity contribution in [3.05, 3.63) is 0 Å². The van der Waals surface area contributed by atoms with Crippen molar-refractivity contribution in [3.63, 3.8) is 0 Å². The van der Waals surface area contributed by atoms with Gasteiger partial charge in [-0.15, -0.1) is 0 Å². The van der Waals surface area contributed by atoms with Gasteiger partial charge in [-0.1, -0.05) is 36.7 Å². The molecule has 5 fully saturated rings. The van der Waals surface area contributed by atoms with Crippen LogP contribution in [0.1, 0.15) is 52.9 Å². The highest BCUT2D eigenvalue weighted by atomic mass is 79.9. The van der Waals surface area contributed by atoms with Gasteiger partial charge in [0.2, 0.25) is 0 Å². The van der Waals surface area contributed by atoms with Gasteiger partial charge >= 0.3 is 0 Å². The Balaban J connectivity index is 1.83. The van der Waals surface area contributed by atoms with Crippen LogP contribution in [0, 0.1) is 27.6 Å². The molecule has 5 saturated carbocycles. The Bertz CT molecular complexity index is 406. The molecule has 0 aromatic rings. The van der Waals surface area contributed by atoms with Gasteiger partial charge in [0, 0.05) is 4.83 Å². The molecule has 1 N–H and O–H groups in total. The predicted molar refractivity (Wildman–Crippen MR) is 72.1 cm³/mol. The number of hydrogen-bond donors (Lipinski definition) is 1. The lowest BCUT2D eigenvalue weighted by Crippen LogP contribution is -2.84. The number of rotatable bonds is 0. The van der Waals surface area contributed by atoms with Gasteiger partial charge in [-0.2, -0.15) is 0 Å². The lowest BCUT2D eigenvalue weighted by atomic mass is 9.16. The highest BCUT2D eigenvalue weighted by molar-refractivity contribution is 9.09. The fraction of sp³-hybridized carbons (Fsp3) is 1.00. The molecule has 17 heavy (non-hydrogen) atoms. The van der Waals surface area contributed by atoms with E-state index in [9.17, 15) is 5.11 Å². The van der Waals surface area contributed by atoms with Crippen LogP contribution in [0.4, 0.5) is 0 Å². The first-order valence-electron chi connectivity index (χ1n) is 7.12. The molecule has 6 unspecified atom stereocenters. The summed E-state index contributed by atoms with van der Waals surface area (Å²) in [4.78, 5) is 0.638. The van der Waals surface area contributed by atoms with Crippen molar-refractivity contribution in [3.8, 4) is 0 Å². The normalized spacial score (nSPS) is 66.5. The first kappa shape index (κ1) is 11.3. The van der Waals surface area contributed by atoms with Crippen molar-refractivity contribution < 1.29 is 5.11 Å². The van der Waals surface area contributed by atoms with Crippen LogP contribution in [-0.4, -0.2) is 16.0 Å². The maximum atomic E-state index is 10.5. The molecule has 0 heterocycles. The quantitative estimate of drug-likeness (QED) is 0.676. The topological polar surface area (TPSA) is 20.2 Å². The molecular weight excluding hydrogens is 276 g/mol. The van der Waals surface area contributed by atoms with E-state index in [0.717, 1.165) is 12.3 Å². The molecule has 2 spiro atoms. The van der Waals surface area contributed by atoms with E-state index in [0.29, 0.717) is 21.1 Å². The maximum absolute atomic E-state index is 10.5. The summed E-state index contributed by atoms with van der Waals surface area (Å²) in [5.74, 6) is 0.832. The van der Waals surface area contributed by atoms with Crippen molar-refractivity contribution >= 4 is 15.9 Å². The van der Waals surface area contributed by atoms with Gasteiger partial charge in [-0.3, -0.25) is 0 Å². The number of alkyl halides is 1. The summed E-state index contributed by atoms with van der Waals surface area (Å²) in [5, 5.41) is 10.5. The Hall–Kier alpha value is 0.440. The van der Waals surface area contributed by atoms with Gasteiger partial charge in [0.15, 0.2) is 0 Å². The fourth-order valence-electron chi connectivity index (χ4n) is 6.69. The van der Waals surface area contributed by atoms with Crippen LogP contribution in [0.2, 0.25) is 0 Å². The standard InChI is InChI=1S/C15H23BrO/c1-12(2)10(16)4-5-14-8-13(3)9(14)6-15(12,14)7-11(13)17/h9-11,17H,4-8H2,1-3H3.